The molecule has 7 heteroatoms. The quantitative estimate of drug-likeness (QED) is 0.831. The van der Waals surface area contributed by atoms with Crippen LogP contribution in [-0.2, 0) is 11.3 Å². The van der Waals surface area contributed by atoms with Crippen LogP contribution in [0.25, 0.3) is 0 Å². The van der Waals surface area contributed by atoms with Crippen molar-refractivity contribution >= 4 is 11.9 Å². The molecule has 138 valence electrons. The van der Waals surface area contributed by atoms with Gasteiger partial charge in [-0.15, -0.1) is 0 Å². The highest BCUT2D eigenvalue weighted by Crippen LogP contribution is 2.18. The number of benzene rings is 2. The zero-order valence-corrected chi connectivity index (χ0v) is 14.6. The monoisotopic (exact) mass is 361 g/mol. The van der Waals surface area contributed by atoms with E-state index in [1.165, 1.54) is 29.2 Å². The van der Waals surface area contributed by atoms with E-state index in [2.05, 4.69) is 10.6 Å². The molecule has 0 saturated heterocycles. The van der Waals surface area contributed by atoms with Gasteiger partial charge in [0.1, 0.15) is 11.6 Å². The van der Waals surface area contributed by atoms with Gasteiger partial charge in [-0.3, -0.25) is 4.79 Å². The van der Waals surface area contributed by atoms with Gasteiger partial charge in [-0.05, 0) is 42.3 Å². The lowest BCUT2D eigenvalue weighted by molar-refractivity contribution is -0.130. The summed E-state index contributed by atoms with van der Waals surface area (Å²) in [5, 5.41) is 5.08. The SMILES string of the molecule is CC(c1ccc(F)cc1)N(C)C(=O)CNC(=O)NCc1ccc(F)cc1. The zero-order chi connectivity index (χ0) is 19.1. The van der Waals surface area contributed by atoms with Gasteiger partial charge in [-0.1, -0.05) is 24.3 Å². The Labute approximate surface area is 151 Å². The number of halogens is 2. The molecule has 5 nitrogen and oxygen atoms in total. The first-order chi connectivity index (χ1) is 12.4. The number of nitrogens with zero attached hydrogens (tertiary/aromatic N) is 1. The largest absolute Gasteiger partial charge is 0.337 e. The van der Waals surface area contributed by atoms with Gasteiger partial charge in [0, 0.05) is 13.6 Å². The minimum Gasteiger partial charge on any atom is -0.337 e. The molecule has 0 aliphatic heterocycles. The second-order valence-corrected chi connectivity index (χ2v) is 5.89. The van der Waals surface area contributed by atoms with Gasteiger partial charge in [0.2, 0.25) is 5.91 Å². The first-order valence-corrected chi connectivity index (χ1v) is 8.14. The smallest absolute Gasteiger partial charge is 0.315 e. The van der Waals surface area contributed by atoms with Crippen LogP contribution in [0.15, 0.2) is 48.5 Å². The Balaban J connectivity index is 1.78. The first kappa shape index (κ1) is 19.4. The van der Waals surface area contributed by atoms with E-state index in [4.69, 9.17) is 0 Å². The highest BCUT2D eigenvalue weighted by Gasteiger charge is 2.17. The van der Waals surface area contributed by atoms with Crippen LogP contribution in [0.4, 0.5) is 13.6 Å². The molecule has 0 bridgehead atoms. The van der Waals surface area contributed by atoms with Crippen molar-refractivity contribution in [2.75, 3.05) is 13.6 Å². The van der Waals surface area contributed by atoms with Crippen molar-refractivity contribution in [2.45, 2.75) is 19.5 Å². The fourth-order valence-corrected chi connectivity index (χ4v) is 2.31. The van der Waals surface area contributed by atoms with Crippen LogP contribution < -0.4 is 10.6 Å². The standard InChI is InChI=1S/C19H21F2N3O2/c1-13(15-5-9-17(21)10-6-15)24(2)18(25)12-23-19(26)22-11-14-3-7-16(20)8-4-14/h3-10,13H,11-12H2,1-2H3,(H2,22,23,26). The van der Waals surface area contributed by atoms with E-state index >= 15 is 0 Å². The summed E-state index contributed by atoms with van der Waals surface area (Å²) in [6.45, 7) is 1.87. The van der Waals surface area contributed by atoms with Gasteiger partial charge >= 0.3 is 6.03 Å². The van der Waals surface area contributed by atoms with Crippen LogP contribution >= 0.6 is 0 Å². The molecule has 0 aliphatic carbocycles. The van der Waals surface area contributed by atoms with E-state index in [-0.39, 0.29) is 36.7 Å². The number of carbonyl (C=O) groups is 2. The highest BCUT2D eigenvalue weighted by molar-refractivity contribution is 5.84. The first-order valence-electron chi connectivity index (χ1n) is 8.14. The maximum absolute atomic E-state index is 13.0. The molecular weight excluding hydrogens is 340 g/mol. The lowest BCUT2D eigenvalue weighted by Gasteiger charge is -2.25. The highest BCUT2D eigenvalue weighted by atomic mass is 19.1. The van der Waals surface area contributed by atoms with E-state index in [1.54, 1.807) is 31.3 Å². The summed E-state index contributed by atoms with van der Waals surface area (Å²) in [5.41, 5.74) is 1.54. The molecule has 1 unspecified atom stereocenters. The lowest BCUT2D eigenvalue weighted by atomic mass is 10.1. The molecule has 2 rings (SSSR count). The molecule has 0 radical (unpaired) electrons. The molecule has 1 atom stereocenters. The van der Waals surface area contributed by atoms with Gasteiger partial charge in [-0.25, -0.2) is 13.6 Å². The predicted octanol–water partition coefficient (Wildman–Crippen LogP) is 2.98. The minimum atomic E-state index is -0.495. The summed E-state index contributed by atoms with van der Waals surface area (Å²) in [6, 6.07) is 10.9. The summed E-state index contributed by atoms with van der Waals surface area (Å²) in [6.07, 6.45) is 0. The Kier molecular flexibility index (Phi) is 6.66. The molecule has 0 aliphatic rings. The molecule has 2 aromatic rings. The van der Waals surface area contributed by atoms with Crippen LogP contribution in [-0.4, -0.2) is 30.4 Å². The Morgan fingerprint density at radius 3 is 2.08 bits per heavy atom. The lowest BCUT2D eigenvalue weighted by Crippen LogP contribution is -2.43. The van der Waals surface area contributed by atoms with E-state index in [9.17, 15) is 18.4 Å². The number of amides is 3. The van der Waals surface area contributed by atoms with Crippen LogP contribution in [0.2, 0.25) is 0 Å². The van der Waals surface area contributed by atoms with Crippen molar-refractivity contribution in [3.8, 4) is 0 Å². The van der Waals surface area contributed by atoms with E-state index in [0.717, 1.165) is 11.1 Å². The molecule has 0 saturated carbocycles. The van der Waals surface area contributed by atoms with Crippen LogP contribution in [0.3, 0.4) is 0 Å². The topological polar surface area (TPSA) is 61.4 Å². The Hall–Kier alpha value is -2.96. The summed E-state index contributed by atoms with van der Waals surface area (Å²) in [4.78, 5) is 25.5. The molecule has 3 amide bonds. The second-order valence-electron chi connectivity index (χ2n) is 5.89. The van der Waals surface area contributed by atoms with Crippen molar-refractivity contribution < 1.29 is 18.4 Å². The van der Waals surface area contributed by atoms with Gasteiger partial charge in [0.05, 0.1) is 12.6 Å². The maximum atomic E-state index is 13.0. The van der Waals surface area contributed by atoms with Crippen LogP contribution in [0, 0.1) is 11.6 Å². The average Bonchev–Trinajstić information content (AvgIpc) is 2.65. The Morgan fingerprint density at radius 1 is 0.962 bits per heavy atom. The van der Waals surface area contributed by atoms with Gasteiger partial charge in [0.15, 0.2) is 0 Å². The summed E-state index contributed by atoms with van der Waals surface area (Å²) >= 11 is 0. The van der Waals surface area contributed by atoms with Crippen molar-refractivity contribution in [1.82, 2.24) is 15.5 Å². The minimum absolute atomic E-state index is 0.169. The molecule has 0 aromatic heterocycles. The molecule has 0 heterocycles. The summed E-state index contributed by atoms with van der Waals surface area (Å²) < 4.78 is 25.8. The molecular formula is C19H21F2N3O2. The number of hydrogen-bond donors (Lipinski definition) is 2. The third kappa shape index (κ3) is 5.54. The third-order valence-electron chi connectivity index (χ3n) is 4.09. The van der Waals surface area contributed by atoms with E-state index in [1.807, 2.05) is 6.92 Å². The van der Waals surface area contributed by atoms with Crippen LogP contribution in [0.1, 0.15) is 24.1 Å². The van der Waals surface area contributed by atoms with Crippen molar-refractivity contribution in [3.05, 3.63) is 71.3 Å². The van der Waals surface area contributed by atoms with Crippen molar-refractivity contribution in [2.24, 2.45) is 0 Å². The van der Waals surface area contributed by atoms with Crippen LogP contribution in [0.5, 0.6) is 0 Å². The summed E-state index contributed by atoms with van der Waals surface area (Å²) in [5.74, 6) is -0.963. The average molecular weight is 361 g/mol. The molecule has 2 aromatic carbocycles. The van der Waals surface area contributed by atoms with Gasteiger partial charge in [0.25, 0.3) is 0 Å². The van der Waals surface area contributed by atoms with Crippen molar-refractivity contribution in [1.29, 1.82) is 0 Å². The second kappa shape index (κ2) is 8.94. The summed E-state index contributed by atoms with van der Waals surface area (Å²) in [7, 11) is 1.62. The van der Waals surface area contributed by atoms with E-state index in [0.29, 0.717) is 0 Å². The number of rotatable bonds is 6. The normalized spacial score (nSPS) is 11.5. The number of hydrogen-bond acceptors (Lipinski definition) is 2. The maximum Gasteiger partial charge on any atom is 0.315 e. The Bertz CT molecular complexity index is 748. The number of urea groups is 1. The molecule has 2 N–H and O–H groups in total. The third-order valence-corrected chi connectivity index (χ3v) is 4.09. The fraction of sp³-hybridized carbons (Fsp3) is 0.263. The van der Waals surface area contributed by atoms with E-state index < -0.39 is 6.03 Å². The number of carbonyl (C=O) groups excluding carboxylic acids is 2. The van der Waals surface area contributed by atoms with Gasteiger partial charge < -0.3 is 15.5 Å². The Morgan fingerprint density at radius 2 is 1.50 bits per heavy atom. The molecule has 26 heavy (non-hydrogen) atoms. The fourth-order valence-electron chi connectivity index (χ4n) is 2.31. The van der Waals surface area contributed by atoms with Gasteiger partial charge in [-0.2, -0.15) is 0 Å². The number of likely N-dealkylation sites (N-methyl/N-ethyl adjacent to an activating group) is 1. The zero-order valence-electron chi connectivity index (χ0n) is 14.6. The molecule has 0 fully saturated rings. The van der Waals surface area contributed by atoms with Crippen molar-refractivity contribution in [3.63, 3.8) is 0 Å². The number of nitrogens with one attached hydrogen (secondary N) is 2. The molecule has 0 spiro atoms. The predicted molar refractivity (Wildman–Crippen MR) is 94.2 cm³/mol.